The summed E-state index contributed by atoms with van der Waals surface area (Å²) in [6, 6.07) is 11.2. The number of hydrogen-bond acceptors (Lipinski definition) is 1. The second-order valence-corrected chi connectivity index (χ2v) is 5.27. The first-order chi connectivity index (χ1) is 10.8. The van der Waals surface area contributed by atoms with Crippen LogP contribution in [0, 0.1) is 0 Å². The maximum absolute atomic E-state index is 12.6. The second kappa shape index (κ2) is 7.37. The molecular weight excluding hydrogens is 329 g/mol. The van der Waals surface area contributed by atoms with Gasteiger partial charge < -0.3 is 10.6 Å². The van der Waals surface area contributed by atoms with E-state index >= 15 is 0 Å². The number of anilines is 1. The summed E-state index contributed by atoms with van der Waals surface area (Å²) >= 11 is 5.74. The molecule has 0 aliphatic heterocycles. The van der Waals surface area contributed by atoms with E-state index in [-0.39, 0.29) is 6.54 Å². The van der Waals surface area contributed by atoms with Gasteiger partial charge in [-0.1, -0.05) is 29.8 Å². The maximum atomic E-state index is 12.6. The highest BCUT2D eigenvalue weighted by Gasteiger charge is 2.30. The van der Waals surface area contributed by atoms with E-state index in [1.807, 2.05) is 0 Å². The molecule has 0 radical (unpaired) electrons. The molecule has 2 amide bonds. The third kappa shape index (κ3) is 5.49. The molecule has 2 rings (SSSR count). The number of carbonyl (C=O) groups excluding carboxylic acids is 1. The van der Waals surface area contributed by atoms with Gasteiger partial charge in [0, 0.05) is 17.3 Å². The van der Waals surface area contributed by atoms with Crippen LogP contribution in [0.1, 0.15) is 11.1 Å². The Labute approximate surface area is 136 Å². The first kappa shape index (κ1) is 17.1. The zero-order chi connectivity index (χ0) is 16.9. The summed E-state index contributed by atoms with van der Waals surface area (Å²) in [5.41, 5.74) is 0.387. The Morgan fingerprint density at radius 3 is 2.43 bits per heavy atom. The molecule has 0 saturated heterocycles. The first-order valence-corrected chi connectivity index (χ1v) is 7.19. The van der Waals surface area contributed by atoms with Crippen molar-refractivity contribution < 1.29 is 18.0 Å². The molecule has 122 valence electrons. The second-order valence-electron chi connectivity index (χ2n) is 4.84. The lowest BCUT2D eigenvalue weighted by molar-refractivity contribution is -0.137. The van der Waals surface area contributed by atoms with E-state index in [4.69, 9.17) is 11.6 Å². The molecule has 0 aromatic heterocycles. The van der Waals surface area contributed by atoms with E-state index in [0.29, 0.717) is 22.7 Å². The number of benzene rings is 2. The SMILES string of the molecule is O=C(NCCc1cccc(C(F)(F)F)c1)Nc1ccc(Cl)cc1. The fourth-order valence-electron chi connectivity index (χ4n) is 1.93. The average Bonchev–Trinajstić information content (AvgIpc) is 2.49. The van der Waals surface area contributed by atoms with Gasteiger partial charge in [0.2, 0.25) is 0 Å². The average molecular weight is 343 g/mol. The molecule has 2 aromatic carbocycles. The monoisotopic (exact) mass is 342 g/mol. The lowest BCUT2D eigenvalue weighted by Gasteiger charge is -2.10. The molecular formula is C16H14ClF3N2O. The summed E-state index contributed by atoms with van der Waals surface area (Å²) in [5, 5.41) is 5.75. The number of hydrogen-bond donors (Lipinski definition) is 2. The molecule has 0 saturated carbocycles. The van der Waals surface area contributed by atoms with Crippen LogP contribution in [0.25, 0.3) is 0 Å². The third-order valence-corrected chi connectivity index (χ3v) is 3.31. The zero-order valence-electron chi connectivity index (χ0n) is 12.0. The normalized spacial score (nSPS) is 11.1. The quantitative estimate of drug-likeness (QED) is 0.829. The molecule has 7 heteroatoms. The number of halogens is 4. The van der Waals surface area contributed by atoms with Crippen LogP contribution in [0.5, 0.6) is 0 Å². The van der Waals surface area contributed by atoms with Crippen LogP contribution in [0.2, 0.25) is 5.02 Å². The predicted molar refractivity (Wildman–Crippen MR) is 83.6 cm³/mol. The fraction of sp³-hybridized carbons (Fsp3) is 0.188. The summed E-state index contributed by atoms with van der Waals surface area (Å²) in [6.07, 6.45) is -4.06. The summed E-state index contributed by atoms with van der Waals surface area (Å²) in [5.74, 6) is 0. The fourth-order valence-corrected chi connectivity index (χ4v) is 2.06. The van der Waals surface area contributed by atoms with Crippen LogP contribution >= 0.6 is 11.6 Å². The zero-order valence-corrected chi connectivity index (χ0v) is 12.7. The van der Waals surface area contributed by atoms with Gasteiger partial charge in [0.15, 0.2) is 0 Å². The van der Waals surface area contributed by atoms with Crippen molar-refractivity contribution in [3.8, 4) is 0 Å². The standard InChI is InChI=1S/C16H14ClF3N2O/c17-13-4-6-14(7-5-13)22-15(23)21-9-8-11-2-1-3-12(10-11)16(18,19)20/h1-7,10H,8-9H2,(H2,21,22,23). The van der Waals surface area contributed by atoms with Gasteiger partial charge in [-0.3, -0.25) is 0 Å². The summed E-state index contributed by atoms with van der Waals surface area (Å²) in [6.45, 7) is 0.223. The minimum Gasteiger partial charge on any atom is -0.338 e. The minimum atomic E-state index is -4.37. The highest BCUT2D eigenvalue weighted by atomic mass is 35.5. The van der Waals surface area contributed by atoms with Crippen molar-refractivity contribution in [3.63, 3.8) is 0 Å². The Bertz CT molecular complexity index is 672. The Kier molecular flexibility index (Phi) is 5.50. The van der Waals surface area contributed by atoms with E-state index in [2.05, 4.69) is 10.6 Å². The highest BCUT2D eigenvalue weighted by molar-refractivity contribution is 6.30. The molecule has 0 bridgehead atoms. The Balaban J connectivity index is 1.82. The van der Waals surface area contributed by atoms with Crippen molar-refractivity contribution in [3.05, 3.63) is 64.7 Å². The Morgan fingerprint density at radius 2 is 1.78 bits per heavy atom. The van der Waals surface area contributed by atoms with Crippen LogP contribution in [-0.4, -0.2) is 12.6 Å². The van der Waals surface area contributed by atoms with Gasteiger partial charge in [-0.2, -0.15) is 13.2 Å². The number of amides is 2. The lowest BCUT2D eigenvalue weighted by atomic mass is 10.1. The van der Waals surface area contributed by atoms with Gasteiger partial charge in [0.1, 0.15) is 0 Å². The molecule has 0 aliphatic rings. The van der Waals surface area contributed by atoms with Gasteiger partial charge in [-0.05, 0) is 42.3 Å². The number of alkyl halides is 3. The topological polar surface area (TPSA) is 41.1 Å². The van der Waals surface area contributed by atoms with Crippen LogP contribution in [0.15, 0.2) is 48.5 Å². The van der Waals surface area contributed by atoms with Crippen molar-refractivity contribution in [2.45, 2.75) is 12.6 Å². The van der Waals surface area contributed by atoms with Crippen molar-refractivity contribution >= 4 is 23.3 Å². The van der Waals surface area contributed by atoms with Crippen LogP contribution in [-0.2, 0) is 12.6 Å². The highest BCUT2D eigenvalue weighted by Crippen LogP contribution is 2.29. The van der Waals surface area contributed by atoms with Crippen molar-refractivity contribution in [1.82, 2.24) is 5.32 Å². The van der Waals surface area contributed by atoms with Crippen molar-refractivity contribution in [2.24, 2.45) is 0 Å². The van der Waals surface area contributed by atoms with Crippen molar-refractivity contribution in [2.75, 3.05) is 11.9 Å². The summed E-state index contributed by atoms with van der Waals surface area (Å²) < 4.78 is 37.8. The molecule has 0 heterocycles. The molecule has 0 unspecified atom stereocenters. The molecule has 23 heavy (non-hydrogen) atoms. The van der Waals surface area contributed by atoms with Gasteiger partial charge >= 0.3 is 12.2 Å². The first-order valence-electron chi connectivity index (χ1n) is 6.81. The number of carbonyl (C=O) groups is 1. The van der Waals surface area contributed by atoms with E-state index in [1.54, 1.807) is 30.3 Å². The molecule has 3 nitrogen and oxygen atoms in total. The molecule has 2 N–H and O–H groups in total. The van der Waals surface area contributed by atoms with E-state index in [9.17, 15) is 18.0 Å². The van der Waals surface area contributed by atoms with Crippen LogP contribution in [0.4, 0.5) is 23.7 Å². The third-order valence-electron chi connectivity index (χ3n) is 3.06. The Morgan fingerprint density at radius 1 is 1.09 bits per heavy atom. The minimum absolute atomic E-state index is 0.223. The molecule has 0 fully saturated rings. The maximum Gasteiger partial charge on any atom is 0.416 e. The van der Waals surface area contributed by atoms with Gasteiger partial charge in [0.25, 0.3) is 0 Å². The molecule has 0 atom stereocenters. The lowest BCUT2D eigenvalue weighted by Crippen LogP contribution is -2.30. The summed E-state index contributed by atoms with van der Waals surface area (Å²) in [4.78, 5) is 11.7. The van der Waals surface area contributed by atoms with Gasteiger partial charge in [-0.15, -0.1) is 0 Å². The molecule has 2 aromatic rings. The van der Waals surface area contributed by atoms with Crippen LogP contribution in [0.3, 0.4) is 0 Å². The molecule has 0 spiro atoms. The van der Waals surface area contributed by atoms with Gasteiger partial charge in [-0.25, -0.2) is 4.79 Å². The van der Waals surface area contributed by atoms with Crippen LogP contribution < -0.4 is 10.6 Å². The largest absolute Gasteiger partial charge is 0.416 e. The van der Waals surface area contributed by atoms with E-state index in [1.165, 1.54) is 6.07 Å². The number of urea groups is 1. The summed E-state index contributed by atoms with van der Waals surface area (Å²) in [7, 11) is 0. The van der Waals surface area contributed by atoms with E-state index < -0.39 is 17.8 Å². The van der Waals surface area contributed by atoms with Crippen molar-refractivity contribution in [1.29, 1.82) is 0 Å². The predicted octanol–water partition coefficient (Wildman–Crippen LogP) is 4.72. The smallest absolute Gasteiger partial charge is 0.338 e. The Hall–Kier alpha value is -2.21. The molecule has 0 aliphatic carbocycles. The van der Waals surface area contributed by atoms with Gasteiger partial charge in [0.05, 0.1) is 5.56 Å². The number of nitrogens with one attached hydrogen (secondary N) is 2. The number of rotatable bonds is 4. The van der Waals surface area contributed by atoms with E-state index in [0.717, 1.165) is 12.1 Å².